The summed E-state index contributed by atoms with van der Waals surface area (Å²) >= 11 is 0. The van der Waals surface area contributed by atoms with Crippen LogP contribution in [0.2, 0.25) is 0 Å². The Morgan fingerprint density at radius 2 is 1.96 bits per heavy atom. The van der Waals surface area contributed by atoms with Gasteiger partial charge in [-0.15, -0.1) is 0 Å². The fourth-order valence-electron chi connectivity index (χ4n) is 2.76. The van der Waals surface area contributed by atoms with Gasteiger partial charge in [0.05, 0.1) is 0 Å². The van der Waals surface area contributed by atoms with Crippen LogP contribution in [0.5, 0.6) is 11.5 Å². The second-order valence-electron chi connectivity index (χ2n) is 5.90. The molecule has 1 aliphatic rings. The van der Waals surface area contributed by atoms with Gasteiger partial charge in [0.15, 0.2) is 11.5 Å². The number of benzene rings is 2. The summed E-state index contributed by atoms with van der Waals surface area (Å²) in [7, 11) is 1.76. The van der Waals surface area contributed by atoms with E-state index in [2.05, 4.69) is 0 Å². The first kappa shape index (κ1) is 15.3. The van der Waals surface area contributed by atoms with Gasteiger partial charge < -0.3 is 18.8 Å². The third-order valence-corrected chi connectivity index (χ3v) is 4.07. The van der Waals surface area contributed by atoms with Crippen LogP contribution in [0.1, 0.15) is 11.3 Å². The van der Waals surface area contributed by atoms with Crippen LogP contribution in [0.3, 0.4) is 0 Å². The number of carbonyl (C=O) groups excluding carboxylic acids is 1. The molecule has 25 heavy (non-hydrogen) atoms. The molecule has 1 amide bonds. The van der Waals surface area contributed by atoms with Crippen molar-refractivity contribution in [2.24, 2.45) is 0 Å². The Bertz CT molecular complexity index is 924. The molecule has 0 aliphatic carbocycles. The van der Waals surface area contributed by atoms with Crippen molar-refractivity contribution in [3.63, 3.8) is 0 Å². The molecular formula is C20H17NO4. The Labute approximate surface area is 145 Å². The molecule has 0 N–H and O–H groups in total. The Balaban J connectivity index is 1.43. The van der Waals surface area contributed by atoms with E-state index in [0.29, 0.717) is 12.3 Å². The van der Waals surface area contributed by atoms with Gasteiger partial charge in [0.25, 0.3) is 0 Å². The zero-order valence-electron chi connectivity index (χ0n) is 13.8. The van der Waals surface area contributed by atoms with E-state index in [4.69, 9.17) is 13.9 Å². The van der Waals surface area contributed by atoms with Gasteiger partial charge >= 0.3 is 0 Å². The van der Waals surface area contributed by atoms with Gasteiger partial charge in [-0.3, -0.25) is 4.79 Å². The average Bonchev–Trinajstić information content (AvgIpc) is 3.25. The van der Waals surface area contributed by atoms with Crippen LogP contribution in [-0.4, -0.2) is 24.6 Å². The van der Waals surface area contributed by atoms with Crippen LogP contribution < -0.4 is 9.47 Å². The molecule has 2 aromatic carbocycles. The number of para-hydroxylation sites is 1. The molecule has 0 spiro atoms. The van der Waals surface area contributed by atoms with Crippen molar-refractivity contribution in [1.29, 1.82) is 0 Å². The minimum atomic E-state index is -0.0990. The molecule has 1 aromatic heterocycles. The first-order valence-corrected chi connectivity index (χ1v) is 7.99. The summed E-state index contributed by atoms with van der Waals surface area (Å²) < 4.78 is 16.3. The molecule has 1 aliphatic heterocycles. The molecule has 0 bridgehead atoms. The highest BCUT2D eigenvalue weighted by Gasteiger charge is 2.14. The first-order chi connectivity index (χ1) is 12.2. The van der Waals surface area contributed by atoms with E-state index in [1.807, 2.05) is 48.5 Å². The van der Waals surface area contributed by atoms with Gasteiger partial charge in [-0.05, 0) is 35.9 Å². The third kappa shape index (κ3) is 3.21. The van der Waals surface area contributed by atoms with E-state index < -0.39 is 0 Å². The van der Waals surface area contributed by atoms with Crippen molar-refractivity contribution in [1.82, 2.24) is 4.90 Å². The van der Waals surface area contributed by atoms with Gasteiger partial charge in [-0.1, -0.05) is 24.3 Å². The molecule has 5 nitrogen and oxygen atoms in total. The Morgan fingerprint density at radius 1 is 1.12 bits per heavy atom. The SMILES string of the molecule is CN(Cc1ccc2c(c1)OCO2)C(=O)/C=C/c1cc2ccccc2o1. The quantitative estimate of drug-likeness (QED) is 0.680. The minimum absolute atomic E-state index is 0.0990. The van der Waals surface area contributed by atoms with Crippen LogP contribution in [-0.2, 0) is 11.3 Å². The van der Waals surface area contributed by atoms with Crippen molar-refractivity contribution >= 4 is 23.0 Å². The van der Waals surface area contributed by atoms with E-state index in [1.165, 1.54) is 6.08 Å². The van der Waals surface area contributed by atoms with Crippen molar-refractivity contribution in [3.05, 3.63) is 65.9 Å². The number of amides is 1. The highest BCUT2D eigenvalue weighted by Crippen LogP contribution is 2.32. The molecular weight excluding hydrogens is 318 g/mol. The van der Waals surface area contributed by atoms with E-state index in [1.54, 1.807) is 18.0 Å². The van der Waals surface area contributed by atoms with Gasteiger partial charge in [-0.25, -0.2) is 0 Å². The normalized spacial score (nSPS) is 12.8. The smallest absolute Gasteiger partial charge is 0.246 e. The van der Waals surface area contributed by atoms with E-state index in [0.717, 1.165) is 28.0 Å². The molecule has 2 heterocycles. The fourth-order valence-corrected chi connectivity index (χ4v) is 2.76. The van der Waals surface area contributed by atoms with Crippen molar-refractivity contribution < 1.29 is 18.7 Å². The van der Waals surface area contributed by atoms with Gasteiger partial charge in [0.2, 0.25) is 12.7 Å². The van der Waals surface area contributed by atoms with Crippen LogP contribution in [0.15, 0.2) is 59.0 Å². The lowest BCUT2D eigenvalue weighted by molar-refractivity contribution is -0.125. The maximum Gasteiger partial charge on any atom is 0.246 e. The molecule has 0 atom stereocenters. The predicted octanol–water partition coefficient (Wildman–Crippen LogP) is 3.83. The topological polar surface area (TPSA) is 51.9 Å². The standard InChI is InChI=1S/C20H17NO4/c1-21(12-14-6-8-18-19(10-14)24-13-23-18)20(22)9-7-16-11-15-4-2-3-5-17(15)25-16/h2-11H,12-13H2,1H3/b9-7+. The van der Waals surface area contributed by atoms with Gasteiger partial charge in [0, 0.05) is 25.1 Å². The van der Waals surface area contributed by atoms with E-state index in [-0.39, 0.29) is 12.7 Å². The molecule has 4 rings (SSSR count). The number of hydrogen-bond donors (Lipinski definition) is 0. The lowest BCUT2D eigenvalue weighted by Gasteiger charge is -2.15. The summed E-state index contributed by atoms with van der Waals surface area (Å²) in [5.74, 6) is 2.02. The number of carbonyl (C=O) groups is 1. The maximum atomic E-state index is 12.3. The minimum Gasteiger partial charge on any atom is -0.457 e. The Kier molecular flexibility index (Phi) is 3.90. The second-order valence-corrected chi connectivity index (χ2v) is 5.90. The second kappa shape index (κ2) is 6.36. The van der Waals surface area contributed by atoms with Crippen molar-refractivity contribution in [2.45, 2.75) is 6.54 Å². The highest BCUT2D eigenvalue weighted by molar-refractivity contribution is 5.92. The summed E-state index contributed by atoms with van der Waals surface area (Å²) in [5.41, 5.74) is 1.79. The molecule has 0 saturated heterocycles. The summed E-state index contributed by atoms with van der Waals surface area (Å²) in [6, 6.07) is 15.4. The van der Waals surface area contributed by atoms with Gasteiger partial charge in [0.1, 0.15) is 11.3 Å². The van der Waals surface area contributed by atoms with Crippen LogP contribution in [0, 0.1) is 0 Å². The molecule has 0 saturated carbocycles. The molecule has 0 unspecified atom stereocenters. The predicted molar refractivity (Wildman–Crippen MR) is 94.3 cm³/mol. The van der Waals surface area contributed by atoms with Crippen LogP contribution >= 0.6 is 0 Å². The van der Waals surface area contributed by atoms with E-state index >= 15 is 0 Å². The third-order valence-electron chi connectivity index (χ3n) is 4.07. The first-order valence-electron chi connectivity index (χ1n) is 7.99. The maximum absolute atomic E-state index is 12.3. The number of furan rings is 1. The molecule has 3 aromatic rings. The fraction of sp³-hybridized carbons (Fsp3) is 0.150. The molecule has 5 heteroatoms. The number of likely N-dealkylation sites (N-methyl/N-ethyl adjacent to an activating group) is 1. The monoisotopic (exact) mass is 335 g/mol. The Morgan fingerprint density at radius 3 is 2.84 bits per heavy atom. The molecule has 126 valence electrons. The highest BCUT2D eigenvalue weighted by atomic mass is 16.7. The number of nitrogens with zero attached hydrogens (tertiary/aromatic N) is 1. The number of rotatable bonds is 4. The average molecular weight is 335 g/mol. The zero-order valence-corrected chi connectivity index (χ0v) is 13.8. The summed E-state index contributed by atoms with van der Waals surface area (Å²) in [4.78, 5) is 13.9. The molecule has 0 radical (unpaired) electrons. The number of ether oxygens (including phenoxy) is 2. The largest absolute Gasteiger partial charge is 0.457 e. The van der Waals surface area contributed by atoms with Crippen molar-refractivity contribution in [3.8, 4) is 11.5 Å². The molecule has 0 fully saturated rings. The Hall–Kier alpha value is -3.21. The number of fused-ring (bicyclic) bond motifs is 2. The van der Waals surface area contributed by atoms with Gasteiger partial charge in [-0.2, -0.15) is 0 Å². The van der Waals surface area contributed by atoms with Crippen molar-refractivity contribution in [2.75, 3.05) is 13.8 Å². The van der Waals surface area contributed by atoms with Crippen LogP contribution in [0.25, 0.3) is 17.0 Å². The lowest BCUT2D eigenvalue weighted by Crippen LogP contribution is -2.24. The summed E-state index contributed by atoms with van der Waals surface area (Å²) in [6.07, 6.45) is 3.21. The summed E-state index contributed by atoms with van der Waals surface area (Å²) in [5, 5.41) is 1.02. The lowest BCUT2D eigenvalue weighted by atomic mass is 10.2. The number of hydrogen-bond acceptors (Lipinski definition) is 4. The van der Waals surface area contributed by atoms with Crippen LogP contribution in [0.4, 0.5) is 0 Å². The zero-order chi connectivity index (χ0) is 17.2. The van der Waals surface area contributed by atoms with E-state index in [9.17, 15) is 4.79 Å². The summed E-state index contributed by atoms with van der Waals surface area (Å²) in [6.45, 7) is 0.730.